The number of rotatable bonds is 8. The van der Waals surface area contributed by atoms with E-state index in [-0.39, 0.29) is 37.2 Å². The standard InChI is InChI=1S/C32H27F5N4O/c33-23-12-19(13-24(34)16-23)11-21(30-26(7-4-10-38-30)22-14-20-5-3-8-28(20)39-17-22)15-25(42)18-41-29-9-2-1-6-27(29)31(40-41)32(35,36)37/h3-5,7,10,12-14,16-17,21H,1-2,6,8-9,11,15,18H2/t21-/m1/s1. The monoisotopic (exact) mass is 578 g/mol. The SMILES string of the molecule is O=C(C[C@@H](Cc1cc(F)cc(F)c1)c1ncccc1-c1cnc2c(c1)C=CC2)Cn1nc(C(F)(F)F)c2c1CCCC2. The Hall–Kier alpha value is -4.21. The highest BCUT2D eigenvalue weighted by molar-refractivity contribution is 5.80. The van der Waals surface area contributed by atoms with Crippen molar-refractivity contribution < 1.29 is 26.7 Å². The van der Waals surface area contributed by atoms with E-state index in [0.29, 0.717) is 29.8 Å². The fraction of sp³-hybridized carbons (Fsp3) is 0.312. The van der Waals surface area contributed by atoms with Crippen molar-refractivity contribution >= 4 is 11.9 Å². The molecule has 10 heteroatoms. The van der Waals surface area contributed by atoms with E-state index in [1.807, 2.05) is 24.3 Å². The molecular weight excluding hydrogens is 551 g/mol. The summed E-state index contributed by atoms with van der Waals surface area (Å²) < 4.78 is 70.6. The van der Waals surface area contributed by atoms with Crippen molar-refractivity contribution in [2.75, 3.05) is 0 Å². The molecule has 0 fully saturated rings. The fourth-order valence-electron chi connectivity index (χ4n) is 6.07. The number of allylic oxidation sites excluding steroid dienone is 1. The van der Waals surface area contributed by atoms with E-state index < -0.39 is 29.4 Å². The predicted octanol–water partition coefficient (Wildman–Crippen LogP) is 7.07. The highest BCUT2D eigenvalue weighted by Gasteiger charge is 2.39. The number of fused-ring (bicyclic) bond motifs is 2. The van der Waals surface area contributed by atoms with Crippen LogP contribution in [0.15, 0.2) is 54.9 Å². The van der Waals surface area contributed by atoms with Crippen LogP contribution < -0.4 is 0 Å². The fourth-order valence-corrected chi connectivity index (χ4v) is 6.07. The van der Waals surface area contributed by atoms with Crippen molar-refractivity contribution in [3.05, 3.63) is 106 Å². The Bertz CT molecular complexity index is 1670. The number of carbonyl (C=O) groups excluding carboxylic acids is 1. The topological polar surface area (TPSA) is 60.7 Å². The number of Topliss-reactive ketones (excluding diaryl/α,β-unsaturated/α-hetero) is 1. The lowest BCUT2D eigenvalue weighted by Crippen LogP contribution is -2.19. The molecule has 0 unspecified atom stereocenters. The lowest BCUT2D eigenvalue weighted by molar-refractivity contribution is -0.142. The molecule has 3 aromatic heterocycles. The minimum absolute atomic E-state index is 0.0910. The number of alkyl halides is 3. The van der Waals surface area contributed by atoms with Crippen LogP contribution in [-0.2, 0) is 43.2 Å². The van der Waals surface area contributed by atoms with Gasteiger partial charge < -0.3 is 0 Å². The molecule has 1 aromatic carbocycles. The number of ketones is 1. The third kappa shape index (κ3) is 5.75. The molecule has 4 aromatic rings. The minimum atomic E-state index is -4.61. The van der Waals surface area contributed by atoms with Crippen LogP contribution in [0.4, 0.5) is 22.0 Å². The second-order valence-electron chi connectivity index (χ2n) is 10.9. The maximum atomic E-state index is 14.1. The molecule has 0 bridgehead atoms. The van der Waals surface area contributed by atoms with Crippen molar-refractivity contribution in [2.45, 2.75) is 63.6 Å². The first-order valence-electron chi connectivity index (χ1n) is 13.9. The average Bonchev–Trinajstić information content (AvgIpc) is 3.57. The van der Waals surface area contributed by atoms with E-state index in [1.54, 1.807) is 18.5 Å². The van der Waals surface area contributed by atoms with E-state index in [0.717, 1.165) is 41.3 Å². The number of halogens is 5. The van der Waals surface area contributed by atoms with Gasteiger partial charge in [0.2, 0.25) is 0 Å². The zero-order valence-corrected chi connectivity index (χ0v) is 22.6. The van der Waals surface area contributed by atoms with Gasteiger partial charge in [-0.1, -0.05) is 18.2 Å². The molecule has 2 aliphatic rings. The lowest BCUT2D eigenvalue weighted by atomic mass is 9.87. The Kier molecular flexibility index (Phi) is 7.47. The number of carbonyl (C=O) groups is 1. The minimum Gasteiger partial charge on any atom is -0.298 e. The van der Waals surface area contributed by atoms with E-state index in [4.69, 9.17) is 0 Å². The molecule has 0 N–H and O–H groups in total. The zero-order valence-electron chi connectivity index (χ0n) is 22.6. The quantitative estimate of drug-likeness (QED) is 0.210. The van der Waals surface area contributed by atoms with Crippen LogP contribution in [0.25, 0.3) is 17.2 Å². The molecule has 2 aliphatic carbocycles. The van der Waals surface area contributed by atoms with Gasteiger partial charge in [-0.05, 0) is 67.5 Å². The van der Waals surface area contributed by atoms with Gasteiger partial charge in [0.05, 0.1) is 17.9 Å². The molecule has 0 saturated carbocycles. The highest BCUT2D eigenvalue weighted by Crippen LogP contribution is 2.37. The summed E-state index contributed by atoms with van der Waals surface area (Å²) in [6, 6.07) is 8.81. The van der Waals surface area contributed by atoms with Gasteiger partial charge in [0.1, 0.15) is 11.6 Å². The Balaban J connectivity index is 1.35. The maximum absolute atomic E-state index is 14.1. The largest absolute Gasteiger partial charge is 0.435 e. The molecule has 42 heavy (non-hydrogen) atoms. The normalized spacial score (nSPS) is 15.0. The van der Waals surface area contributed by atoms with Gasteiger partial charge in [-0.2, -0.15) is 18.3 Å². The van der Waals surface area contributed by atoms with Gasteiger partial charge in [-0.15, -0.1) is 0 Å². The van der Waals surface area contributed by atoms with Crippen molar-refractivity contribution in [2.24, 2.45) is 0 Å². The lowest BCUT2D eigenvalue weighted by Gasteiger charge is -2.20. The van der Waals surface area contributed by atoms with Crippen LogP contribution in [0.5, 0.6) is 0 Å². The summed E-state index contributed by atoms with van der Waals surface area (Å²) in [4.78, 5) is 22.7. The van der Waals surface area contributed by atoms with Crippen LogP contribution in [0.2, 0.25) is 0 Å². The van der Waals surface area contributed by atoms with E-state index in [2.05, 4.69) is 15.1 Å². The molecular formula is C32H27F5N4O. The second-order valence-corrected chi connectivity index (χ2v) is 10.9. The summed E-state index contributed by atoms with van der Waals surface area (Å²) >= 11 is 0. The van der Waals surface area contributed by atoms with Crippen LogP contribution in [0.3, 0.4) is 0 Å². The average molecular weight is 579 g/mol. The summed E-state index contributed by atoms with van der Waals surface area (Å²) in [5.74, 6) is -2.46. The summed E-state index contributed by atoms with van der Waals surface area (Å²) in [7, 11) is 0. The smallest absolute Gasteiger partial charge is 0.298 e. The number of hydrogen-bond acceptors (Lipinski definition) is 4. The number of pyridine rings is 2. The van der Waals surface area contributed by atoms with Gasteiger partial charge in [-0.3, -0.25) is 19.4 Å². The van der Waals surface area contributed by atoms with Crippen LogP contribution in [0.1, 0.15) is 64.6 Å². The second kappa shape index (κ2) is 11.2. The summed E-state index contributed by atoms with van der Waals surface area (Å²) in [6.45, 7) is -0.334. The molecule has 1 atom stereocenters. The molecule has 216 valence electrons. The van der Waals surface area contributed by atoms with Crippen molar-refractivity contribution in [1.82, 2.24) is 19.7 Å². The Morgan fingerprint density at radius 3 is 2.60 bits per heavy atom. The summed E-state index contributed by atoms with van der Waals surface area (Å²) in [5.41, 5.74) is 3.99. The molecule has 0 spiro atoms. The molecule has 0 aliphatic heterocycles. The van der Waals surface area contributed by atoms with Crippen LogP contribution in [-0.4, -0.2) is 25.5 Å². The third-order valence-corrected chi connectivity index (χ3v) is 7.88. The predicted molar refractivity (Wildman–Crippen MR) is 147 cm³/mol. The zero-order chi connectivity index (χ0) is 29.4. The Labute approximate surface area is 239 Å². The van der Waals surface area contributed by atoms with Gasteiger partial charge in [-0.25, -0.2) is 8.78 Å². The number of benzene rings is 1. The Morgan fingerprint density at radius 1 is 1.02 bits per heavy atom. The van der Waals surface area contributed by atoms with Gasteiger partial charge >= 0.3 is 6.18 Å². The molecule has 5 nitrogen and oxygen atoms in total. The Morgan fingerprint density at radius 2 is 1.81 bits per heavy atom. The molecule has 0 amide bonds. The van der Waals surface area contributed by atoms with Gasteiger partial charge in [0.15, 0.2) is 11.5 Å². The van der Waals surface area contributed by atoms with Crippen LogP contribution in [0, 0.1) is 11.6 Å². The molecule has 6 rings (SSSR count). The summed E-state index contributed by atoms with van der Waals surface area (Å²) in [6.07, 6.45) is 5.48. The first-order chi connectivity index (χ1) is 20.2. The van der Waals surface area contributed by atoms with Gasteiger partial charge in [0, 0.05) is 59.6 Å². The first kappa shape index (κ1) is 27.9. The van der Waals surface area contributed by atoms with Crippen molar-refractivity contribution in [3.63, 3.8) is 0 Å². The number of hydrogen-bond donors (Lipinski definition) is 0. The van der Waals surface area contributed by atoms with Crippen LogP contribution >= 0.6 is 0 Å². The molecule has 0 saturated heterocycles. The highest BCUT2D eigenvalue weighted by atomic mass is 19.4. The van der Waals surface area contributed by atoms with Gasteiger partial charge in [0.25, 0.3) is 0 Å². The summed E-state index contributed by atoms with van der Waals surface area (Å²) in [5, 5.41) is 3.83. The van der Waals surface area contributed by atoms with E-state index >= 15 is 0 Å². The number of aromatic nitrogens is 4. The molecule has 3 heterocycles. The van der Waals surface area contributed by atoms with Crippen molar-refractivity contribution in [1.29, 1.82) is 0 Å². The number of nitrogens with zero attached hydrogens (tertiary/aromatic N) is 4. The maximum Gasteiger partial charge on any atom is 0.435 e. The third-order valence-electron chi connectivity index (χ3n) is 7.88. The molecule has 0 radical (unpaired) electrons. The first-order valence-corrected chi connectivity index (χ1v) is 13.9. The van der Waals surface area contributed by atoms with E-state index in [1.165, 1.54) is 16.8 Å². The van der Waals surface area contributed by atoms with Crippen molar-refractivity contribution in [3.8, 4) is 11.1 Å². The van der Waals surface area contributed by atoms with E-state index in [9.17, 15) is 26.7 Å².